The van der Waals surface area contributed by atoms with Gasteiger partial charge in [-0.3, -0.25) is 0 Å². The van der Waals surface area contributed by atoms with E-state index in [2.05, 4.69) is 57.2 Å². The van der Waals surface area contributed by atoms with Crippen LogP contribution in [-0.2, 0) is 5.41 Å². The molecule has 2 bridgehead atoms. The van der Waals surface area contributed by atoms with Gasteiger partial charge in [-0.15, -0.1) is 0 Å². The summed E-state index contributed by atoms with van der Waals surface area (Å²) >= 11 is 0. The fourth-order valence-electron chi connectivity index (χ4n) is 6.05. The summed E-state index contributed by atoms with van der Waals surface area (Å²) in [5.74, 6) is 2.77. The summed E-state index contributed by atoms with van der Waals surface area (Å²) in [5.41, 5.74) is 3.52. The van der Waals surface area contributed by atoms with E-state index in [1.165, 1.54) is 54.9 Å². The molecular weight excluding hydrogens is 276 g/mol. The van der Waals surface area contributed by atoms with E-state index >= 15 is 0 Å². The number of benzene rings is 2. The Labute approximate surface area is 141 Å². The molecule has 2 fully saturated rings. The molecule has 0 spiro atoms. The van der Waals surface area contributed by atoms with E-state index in [-0.39, 0.29) is 0 Å². The summed E-state index contributed by atoms with van der Waals surface area (Å²) in [5, 5.41) is 2.99. The van der Waals surface area contributed by atoms with Crippen LogP contribution in [0, 0.1) is 24.7 Å². The van der Waals surface area contributed by atoms with Crippen molar-refractivity contribution in [3.05, 3.63) is 47.5 Å². The Balaban J connectivity index is 1.89. The molecule has 0 heterocycles. The van der Waals surface area contributed by atoms with E-state index in [0.717, 1.165) is 17.8 Å². The van der Waals surface area contributed by atoms with E-state index in [1.54, 1.807) is 5.56 Å². The fourth-order valence-corrected chi connectivity index (χ4v) is 6.05. The van der Waals surface area contributed by atoms with E-state index in [0.29, 0.717) is 5.41 Å². The second kappa shape index (κ2) is 5.65. The van der Waals surface area contributed by atoms with Gasteiger partial charge in [-0.25, -0.2) is 0 Å². The van der Waals surface area contributed by atoms with Crippen LogP contribution < -0.4 is 0 Å². The molecule has 2 aliphatic rings. The van der Waals surface area contributed by atoms with Crippen LogP contribution in [0.1, 0.15) is 63.5 Å². The van der Waals surface area contributed by atoms with Gasteiger partial charge in [0.2, 0.25) is 0 Å². The topological polar surface area (TPSA) is 0 Å². The molecule has 122 valence electrons. The SMILES string of the molecule is CCC1CC2CC(C)CC(c3ccc(C)c4ccccc34)(C1)C2. The lowest BCUT2D eigenvalue weighted by Gasteiger charge is -2.51. The van der Waals surface area contributed by atoms with Gasteiger partial charge >= 0.3 is 0 Å². The van der Waals surface area contributed by atoms with Crippen LogP contribution in [-0.4, -0.2) is 0 Å². The third kappa shape index (κ3) is 2.51. The smallest absolute Gasteiger partial charge is 0.00330 e. The lowest BCUT2D eigenvalue weighted by molar-refractivity contribution is 0.0711. The van der Waals surface area contributed by atoms with Crippen LogP contribution in [0.3, 0.4) is 0 Å². The number of rotatable bonds is 2. The number of fused-ring (bicyclic) bond motifs is 3. The first kappa shape index (κ1) is 15.2. The molecule has 0 heteroatoms. The predicted octanol–water partition coefficient (Wildman–Crippen LogP) is 6.64. The minimum Gasteiger partial charge on any atom is -0.0651 e. The average molecular weight is 306 g/mol. The molecule has 0 aromatic heterocycles. The number of aryl methyl sites for hydroxylation is 1. The third-order valence-corrected chi connectivity index (χ3v) is 6.79. The summed E-state index contributed by atoms with van der Waals surface area (Å²) in [4.78, 5) is 0. The predicted molar refractivity (Wildman–Crippen MR) is 99.9 cm³/mol. The van der Waals surface area contributed by atoms with E-state index in [1.807, 2.05) is 0 Å². The number of hydrogen-bond donors (Lipinski definition) is 0. The van der Waals surface area contributed by atoms with E-state index in [9.17, 15) is 0 Å². The molecule has 23 heavy (non-hydrogen) atoms. The molecule has 0 aliphatic heterocycles. The number of hydrogen-bond acceptors (Lipinski definition) is 0. The maximum absolute atomic E-state index is 2.49. The van der Waals surface area contributed by atoms with Crippen molar-refractivity contribution in [3.8, 4) is 0 Å². The summed E-state index contributed by atoms with van der Waals surface area (Å²) < 4.78 is 0. The second-order valence-corrected chi connectivity index (χ2v) is 8.59. The zero-order valence-electron chi connectivity index (χ0n) is 14.9. The maximum Gasteiger partial charge on any atom is -0.00330 e. The van der Waals surface area contributed by atoms with Crippen molar-refractivity contribution in [1.82, 2.24) is 0 Å². The quantitative estimate of drug-likeness (QED) is 0.583. The second-order valence-electron chi connectivity index (χ2n) is 8.59. The van der Waals surface area contributed by atoms with Crippen molar-refractivity contribution in [3.63, 3.8) is 0 Å². The highest BCUT2D eigenvalue weighted by molar-refractivity contribution is 5.89. The van der Waals surface area contributed by atoms with Crippen LogP contribution in [0.5, 0.6) is 0 Å². The lowest BCUT2D eigenvalue weighted by Crippen LogP contribution is -2.42. The highest BCUT2D eigenvalue weighted by Crippen LogP contribution is 2.55. The third-order valence-electron chi connectivity index (χ3n) is 6.79. The molecule has 0 N–H and O–H groups in total. The van der Waals surface area contributed by atoms with Crippen molar-refractivity contribution in [2.45, 2.75) is 64.7 Å². The Kier molecular flexibility index (Phi) is 3.75. The van der Waals surface area contributed by atoms with Gasteiger partial charge in [0.1, 0.15) is 0 Å². The Morgan fingerprint density at radius 1 is 0.957 bits per heavy atom. The first-order valence-corrected chi connectivity index (χ1v) is 9.60. The van der Waals surface area contributed by atoms with E-state index < -0.39 is 0 Å². The van der Waals surface area contributed by atoms with Gasteiger partial charge in [0.25, 0.3) is 0 Å². The summed E-state index contributed by atoms with van der Waals surface area (Å²) in [6, 6.07) is 14.0. The lowest BCUT2D eigenvalue weighted by atomic mass is 9.53. The van der Waals surface area contributed by atoms with Gasteiger partial charge in [-0.2, -0.15) is 0 Å². The van der Waals surface area contributed by atoms with Gasteiger partial charge in [-0.1, -0.05) is 56.7 Å². The molecule has 2 aliphatic carbocycles. The zero-order chi connectivity index (χ0) is 16.0. The highest BCUT2D eigenvalue weighted by Gasteiger charge is 2.46. The van der Waals surface area contributed by atoms with Crippen molar-refractivity contribution < 1.29 is 0 Å². The minimum absolute atomic E-state index is 0.439. The van der Waals surface area contributed by atoms with Crippen molar-refractivity contribution in [2.24, 2.45) is 17.8 Å². The molecule has 0 saturated heterocycles. The molecule has 4 unspecified atom stereocenters. The molecule has 0 amide bonds. The molecule has 2 aromatic carbocycles. The maximum atomic E-state index is 2.49. The Hall–Kier alpha value is -1.30. The molecular formula is C23H30. The van der Waals surface area contributed by atoms with Gasteiger partial charge < -0.3 is 0 Å². The molecule has 0 nitrogen and oxygen atoms in total. The van der Waals surface area contributed by atoms with Gasteiger partial charge in [-0.05, 0) is 84.1 Å². The van der Waals surface area contributed by atoms with Crippen molar-refractivity contribution >= 4 is 10.8 Å². The Morgan fingerprint density at radius 2 is 1.74 bits per heavy atom. The monoisotopic (exact) mass is 306 g/mol. The van der Waals surface area contributed by atoms with Crippen molar-refractivity contribution in [1.29, 1.82) is 0 Å². The van der Waals surface area contributed by atoms with Gasteiger partial charge in [0, 0.05) is 0 Å². The Morgan fingerprint density at radius 3 is 2.52 bits per heavy atom. The van der Waals surface area contributed by atoms with Gasteiger partial charge in [0.05, 0.1) is 0 Å². The summed E-state index contributed by atoms with van der Waals surface area (Å²) in [6.45, 7) is 7.14. The van der Waals surface area contributed by atoms with Crippen LogP contribution in [0.2, 0.25) is 0 Å². The Bertz CT molecular complexity index is 709. The van der Waals surface area contributed by atoms with E-state index in [4.69, 9.17) is 0 Å². The van der Waals surface area contributed by atoms with Crippen molar-refractivity contribution in [2.75, 3.05) is 0 Å². The van der Waals surface area contributed by atoms with Crippen LogP contribution in [0.4, 0.5) is 0 Å². The van der Waals surface area contributed by atoms with Crippen LogP contribution >= 0.6 is 0 Å². The molecule has 2 aromatic rings. The van der Waals surface area contributed by atoms with Crippen LogP contribution in [0.25, 0.3) is 10.8 Å². The fraction of sp³-hybridized carbons (Fsp3) is 0.565. The molecule has 2 saturated carbocycles. The molecule has 4 rings (SSSR count). The first-order valence-electron chi connectivity index (χ1n) is 9.60. The average Bonchev–Trinajstić information content (AvgIpc) is 2.54. The molecule has 4 atom stereocenters. The van der Waals surface area contributed by atoms with Gasteiger partial charge in [0.15, 0.2) is 0 Å². The standard InChI is InChI=1S/C23H30/c1-4-18-12-19-11-16(2)13-23(14-18,15-19)22-10-9-17(3)20-7-5-6-8-21(20)22/h5-10,16,18-19H,4,11-15H2,1-3H3. The largest absolute Gasteiger partial charge is 0.0651 e. The molecule has 0 radical (unpaired) electrons. The first-order chi connectivity index (χ1) is 11.1. The minimum atomic E-state index is 0.439. The van der Waals surface area contributed by atoms with Crippen LogP contribution in [0.15, 0.2) is 36.4 Å². The highest BCUT2D eigenvalue weighted by atomic mass is 14.5. The zero-order valence-corrected chi connectivity index (χ0v) is 14.9. The summed E-state index contributed by atoms with van der Waals surface area (Å²) in [6.07, 6.45) is 8.54. The normalized spacial score (nSPS) is 33.8. The summed E-state index contributed by atoms with van der Waals surface area (Å²) in [7, 11) is 0.